The van der Waals surface area contributed by atoms with E-state index in [4.69, 9.17) is 9.47 Å². The maximum Gasteiger partial charge on any atom is 0.235 e. The third-order valence-corrected chi connectivity index (χ3v) is 5.01. The van der Waals surface area contributed by atoms with Crippen molar-refractivity contribution in [2.75, 3.05) is 13.1 Å². The number of amides is 1. The summed E-state index contributed by atoms with van der Waals surface area (Å²) in [4.78, 5) is 19.3. The van der Waals surface area contributed by atoms with Crippen molar-refractivity contribution in [1.82, 2.24) is 9.88 Å². The van der Waals surface area contributed by atoms with E-state index in [1.165, 1.54) is 0 Å². The number of rotatable bonds is 3. The summed E-state index contributed by atoms with van der Waals surface area (Å²) >= 11 is 0. The van der Waals surface area contributed by atoms with Crippen molar-refractivity contribution in [1.29, 1.82) is 0 Å². The minimum Gasteiger partial charge on any atom is -0.471 e. The highest BCUT2D eigenvalue weighted by atomic mass is 16.5. The van der Waals surface area contributed by atoms with E-state index in [9.17, 15) is 4.79 Å². The van der Waals surface area contributed by atoms with Crippen LogP contribution in [0.25, 0.3) is 0 Å². The Hall–Kier alpha value is -3.34. The monoisotopic (exact) mass is 358 g/mol. The van der Waals surface area contributed by atoms with Crippen LogP contribution in [0, 0.1) is 0 Å². The molecular formula is C22H18N2O3. The molecule has 5 heteroatoms. The van der Waals surface area contributed by atoms with Crippen LogP contribution >= 0.6 is 0 Å². The molecule has 3 heterocycles. The smallest absolute Gasteiger partial charge is 0.235 e. The SMILES string of the molecule is O=C(C1c2ccccc2Oc2ccccc21)N1CC(Oc2ccccn2)C1. The fourth-order valence-corrected chi connectivity index (χ4v) is 3.64. The summed E-state index contributed by atoms with van der Waals surface area (Å²) in [6, 6.07) is 21.1. The van der Waals surface area contributed by atoms with Crippen LogP contribution in [0.15, 0.2) is 72.9 Å². The molecule has 3 aromatic rings. The molecule has 27 heavy (non-hydrogen) atoms. The van der Waals surface area contributed by atoms with Crippen molar-refractivity contribution in [2.24, 2.45) is 0 Å². The number of fused-ring (bicyclic) bond motifs is 2. The molecule has 2 aromatic carbocycles. The normalized spacial score (nSPS) is 15.9. The van der Waals surface area contributed by atoms with E-state index in [0.717, 1.165) is 22.6 Å². The topological polar surface area (TPSA) is 51.7 Å². The van der Waals surface area contributed by atoms with E-state index in [-0.39, 0.29) is 17.9 Å². The Labute approximate surface area is 157 Å². The molecule has 134 valence electrons. The Morgan fingerprint density at radius 3 is 2.19 bits per heavy atom. The maximum atomic E-state index is 13.3. The van der Waals surface area contributed by atoms with Crippen LogP contribution in [-0.4, -0.2) is 35.0 Å². The quantitative estimate of drug-likeness (QED) is 0.718. The van der Waals surface area contributed by atoms with Crippen LogP contribution in [0.4, 0.5) is 0 Å². The van der Waals surface area contributed by atoms with Crippen molar-refractivity contribution in [2.45, 2.75) is 12.0 Å². The van der Waals surface area contributed by atoms with Gasteiger partial charge in [-0.05, 0) is 18.2 Å². The lowest BCUT2D eigenvalue weighted by Crippen LogP contribution is -2.57. The van der Waals surface area contributed by atoms with Gasteiger partial charge in [-0.15, -0.1) is 0 Å². The predicted octanol–water partition coefficient (Wildman–Crippen LogP) is 3.61. The standard InChI is InChI=1S/C22H18N2O3/c25-22(24-13-15(14-24)26-20-11-5-6-12-23-20)21-16-7-1-3-9-18(16)27-19-10-4-2-8-17(19)21/h1-12,15,21H,13-14H2. The van der Waals surface area contributed by atoms with Gasteiger partial charge in [-0.25, -0.2) is 4.98 Å². The van der Waals surface area contributed by atoms with Crippen LogP contribution in [0.1, 0.15) is 17.0 Å². The summed E-state index contributed by atoms with van der Waals surface area (Å²) in [5, 5.41) is 0. The maximum absolute atomic E-state index is 13.3. The first-order chi connectivity index (χ1) is 13.3. The summed E-state index contributed by atoms with van der Waals surface area (Å²) in [5.74, 6) is 1.82. The molecule has 0 aliphatic carbocycles. The van der Waals surface area contributed by atoms with E-state index < -0.39 is 0 Å². The van der Waals surface area contributed by atoms with Gasteiger partial charge in [0.15, 0.2) is 0 Å². The van der Waals surface area contributed by atoms with Crippen molar-refractivity contribution < 1.29 is 14.3 Å². The molecule has 0 spiro atoms. The zero-order valence-corrected chi connectivity index (χ0v) is 14.6. The summed E-state index contributed by atoms with van der Waals surface area (Å²) in [6.07, 6.45) is 1.68. The number of carbonyl (C=O) groups is 1. The second-order valence-corrected chi connectivity index (χ2v) is 6.76. The van der Waals surface area contributed by atoms with E-state index in [2.05, 4.69) is 4.98 Å². The molecule has 0 radical (unpaired) electrons. The van der Waals surface area contributed by atoms with Crippen molar-refractivity contribution in [3.05, 3.63) is 84.1 Å². The van der Waals surface area contributed by atoms with Gasteiger partial charge in [0, 0.05) is 23.4 Å². The van der Waals surface area contributed by atoms with Crippen LogP contribution in [0.2, 0.25) is 0 Å². The van der Waals surface area contributed by atoms with E-state index >= 15 is 0 Å². The molecular weight excluding hydrogens is 340 g/mol. The molecule has 0 bridgehead atoms. The largest absolute Gasteiger partial charge is 0.471 e. The van der Waals surface area contributed by atoms with Gasteiger partial charge < -0.3 is 14.4 Å². The Balaban J connectivity index is 1.37. The van der Waals surface area contributed by atoms with Gasteiger partial charge >= 0.3 is 0 Å². The number of aromatic nitrogens is 1. The fraction of sp³-hybridized carbons (Fsp3) is 0.182. The molecule has 1 fully saturated rings. The molecule has 0 atom stereocenters. The lowest BCUT2D eigenvalue weighted by atomic mass is 9.86. The van der Waals surface area contributed by atoms with Gasteiger partial charge in [-0.3, -0.25) is 4.79 Å². The number of carbonyl (C=O) groups excluding carboxylic acids is 1. The van der Waals surface area contributed by atoms with Crippen LogP contribution < -0.4 is 9.47 Å². The van der Waals surface area contributed by atoms with Crippen LogP contribution in [-0.2, 0) is 4.79 Å². The Morgan fingerprint density at radius 1 is 0.926 bits per heavy atom. The summed E-state index contributed by atoms with van der Waals surface area (Å²) in [5.41, 5.74) is 1.82. The lowest BCUT2D eigenvalue weighted by Gasteiger charge is -2.41. The van der Waals surface area contributed by atoms with Gasteiger partial charge in [0.25, 0.3) is 0 Å². The molecule has 2 aliphatic rings. The molecule has 0 unspecified atom stereocenters. The van der Waals surface area contributed by atoms with Crippen molar-refractivity contribution in [3.63, 3.8) is 0 Å². The average Bonchev–Trinajstić information content (AvgIpc) is 2.69. The van der Waals surface area contributed by atoms with E-state index in [1.807, 2.05) is 71.6 Å². The average molecular weight is 358 g/mol. The predicted molar refractivity (Wildman–Crippen MR) is 100 cm³/mol. The van der Waals surface area contributed by atoms with Crippen LogP contribution in [0.3, 0.4) is 0 Å². The van der Waals surface area contributed by atoms with Gasteiger partial charge in [0.05, 0.1) is 19.0 Å². The molecule has 1 saturated heterocycles. The molecule has 5 nitrogen and oxygen atoms in total. The number of ether oxygens (including phenoxy) is 2. The molecule has 1 aromatic heterocycles. The second kappa shape index (κ2) is 6.43. The van der Waals surface area contributed by atoms with Gasteiger partial charge in [-0.1, -0.05) is 42.5 Å². The van der Waals surface area contributed by atoms with E-state index in [0.29, 0.717) is 19.0 Å². The first-order valence-corrected chi connectivity index (χ1v) is 9.02. The molecule has 2 aliphatic heterocycles. The Bertz CT molecular complexity index is 938. The third-order valence-electron chi connectivity index (χ3n) is 5.01. The summed E-state index contributed by atoms with van der Waals surface area (Å²) in [6.45, 7) is 1.13. The van der Waals surface area contributed by atoms with Crippen molar-refractivity contribution >= 4 is 5.91 Å². The molecule has 5 rings (SSSR count). The molecule has 0 saturated carbocycles. The fourth-order valence-electron chi connectivity index (χ4n) is 3.64. The molecule has 0 N–H and O–H groups in total. The lowest BCUT2D eigenvalue weighted by molar-refractivity contribution is -0.141. The van der Waals surface area contributed by atoms with Crippen LogP contribution in [0.5, 0.6) is 17.4 Å². The number of benzene rings is 2. The zero-order chi connectivity index (χ0) is 18.2. The first-order valence-electron chi connectivity index (χ1n) is 9.02. The Kier molecular flexibility index (Phi) is 3.78. The summed E-state index contributed by atoms with van der Waals surface area (Å²) in [7, 11) is 0. The number of hydrogen-bond acceptors (Lipinski definition) is 4. The highest BCUT2D eigenvalue weighted by Gasteiger charge is 2.40. The number of hydrogen-bond donors (Lipinski definition) is 0. The highest BCUT2D eigenvalue weighted by molar-refractivity contribution is 5.90. The number of nitrogens with zero attached hydrogens (tertiary/aromatic N) is 2. The van der Waals surface area contributed by atoms with Crippen molar-refractivity contribution in [3.8, 4) is 17.4 Å². The van der Waals surface area contributed by atoms with Gasteiger partial charge in [0.1, 0.15) is 17.6 Å². The first kappa shape index (κ1) is 15.9. The second-order valence-electron chi connectivity index (χ2n) is 6.76. The number of para-hydroxylation sites is 2. The zero-order valence-electron chi connectivity index (χ0n) is 14.6. The number of pyridine rings is 1. The minimum atomic E-state index is -0.345. The van der Waals surface area contributed by atoms with E-state index in [1.54, 1.807) is 6.20 Å². The minimum absolute atomic E-state index is 0.0193. The van der Waals surface area contributed by atoms with Gasteiger partial charge in [0.2, 0.25) is 11.8 Å². The molecule has 1 amide bonds. The number of likely N-dealkylation sites (tertiary alicyclic amines) is 1. The summed E-state index contributed by atoms with van der Waals surface area (Å²) < 4.78 is 11.8. The highest BCUT2D eigenvalue weighted by Crippen LogP contribution is 2.45. The Morgan fingerprint density at radius 2 is 1.56 bits per heavy atom. The van der Waals surface area contributed by atoms with Gasteiger partial charge in [-0.2, -0.15) is 0 Å². The third kappa shape index (κ3) is 2.81.